The van der Waals surface area contributed by atoms with E-state index in [1.165, 1.54) is 18.9 Å². The highest BCUT2D eigenvalue weighted by Crippen LogP contribution is 2.25. The first-order valence-electron chi connectivity index (χ1n) is 7.21. The zero-order chi connectivity index (χ0) is 14.7. The van der Waals surface area contributed by atoms with Crippen molar-refractivity contribution in [2.45, 2.75) is 45.4 Å². The molecule has 0 saturated heterocycles. The molecular formula is C15H18FN3O2. The van der Waals surface area contributed by atoms with Crippen molar-refractivity contribution in [1.29, 1.82) is 0 Å². The summed E-state index contributed by atoms with van der Waals surface area (Å²) in [6, 6.07) is 5.50. The van der Waals surface area contributed by atoms with Gasteiger partial charge >= 0.3 is 0 Å². The summed E-state index contributed by atoms with van der Waals surface area (Å²) in [7, 11) is 0. The predicted octanol–water partition coefficient (Wildman–Crippen LogP) is 2.60. The minimum Gasteiger partial charge on any atom is -0.480 e. The molecule has 21 heavy (non-hydrogen) atoms. The average Bonchev–Trinajstić information content (AvgIpc) is 3.21. The van der Waals surface area contributed by atoms with Crippen LogP contribution >= 0.6 is 0 Å². The molecule has 1 saturated carbocycles. The molecule has 6 heteroatoms. The molecule has 0 amide bonds. The third kappa shape index (κ3) is 3.58. The first kappa shape index (κ1) is 14.0. The molecule has 0 bridgehead atoms. The van der Waals surface area contributed by atoms with Gasteiger partial charge in [0.25, 0.3) is 5.89 Å². The number of hydrogen-bond donors (Lipinski definition) is 1. The summed E-state index contributed by atoms with van der Waals surface area (Å²) in [5, 5.41) is 11.1. The lowest BCUT2D eigenvalue weighted by Crippen LogP contribution is -2.16. The van der Waals surface area contributed by atoms with E-state index in [4.69, 9.17) is 9.15 Å². The Balaban J connectivity index is 1.67. The minimum absolute atomic E-state index is 0.0738. The Kier molecular flexibility index (Phi) is 4.15. The molecule has 1 aromatic carbocycles. The molecule has 2 aromatic rings. The average molecular weight is 291 g/mol. The molecule has 1 aliphatic rings. The van der Waals surface area contributed by atoms with Crippen molar-refractivity contribution in [1.82, 2.24) is 15.5 Å². The van der Waals surface area contributed by atoms with Crippen molar-refractivity contribution in [3.63, 3.8) is 0 Å². The third-order valence-electron chi connectivity index (χ3n) is 3.36. The Morgan fingerprint density at radius 2 is 2.14 bits per heavy atom. The normalized spacial score (nSPS) is 14.4. The molecule has 1 fully saturated rings. The standard InChI is InChI=1S/C15H18FN3O2/c1-2-13-18-19-14(21-13)9-20-15-10(4-3-5-12(15)16)8-17-11-6-7-11/h3-5,11,17H,2,6-9H2,1H3. The fraction of sp³-hybridized carbons (Fsp3) is 0.467. The number of hydrogen-bond acceptors (Lipinski definition) is 5. The van der Waals surface area contributed by atoms with Crippen molar-refractivity contribution < 1.29 is 13.5 Å². The number of benzene rings is 1. The van der Waals surface area contributed by atoms with E-state index in [0.717, 1.165) is 5.56 Å². The van der Waals surface area contributed by atoms with Gasteiger partial charge in [0, 0.05) is 24.6 Å². The summed E-state index contributed by atoms with van der Waals surface area (Å²) in [5.74, 6) is 0.788. The van der Waals surface area contributed by atoms with Crippen LogP contribution in [0.2, 0.25) is 0 Å². The third-order valence-corrected chi connectivity index (χ3v) is 3.36. The number of nitrogens with zero attached hydrogens (tertiary/aromatic N) is 2. The molecule has 0 radical (unpaired) electrons. The lowest BCUT2D eigenvalue weighted by Gasteiger charge is -2.11. The van der Waals surface area contributed by atoms with Gasteiger partial charge in [-0.05, 0) is 18.9 Å². The van der Waals surface area contributed by atoms with Crippen LogP contribution in [0.4, 0.5) is 4.39 Å². The van der Waals surface area contributed by atoms with Crippen LogP contribution in [-0.4, -0.2) is 16.2 Å². The van der Waals surface area contributed by atoms with Gasteiger partial charge in [-0.25, -0.2) is 4.39 Å². The molecule has 0 aliphatic heterocycles. The van der Waals surface area contributed by atoms with Gasteiger partial charge in [0.05, 0.1) is 0 Å². The van der Waals surface area contributed by atoms with Crippen LogP contribution in [0, 0.1) is 5.82 Å². The lowest BCUT2D eigenvalue weighted by molar-refractivity contribution is 0.246. The summed E-state index contributed by atoms with van der Waals surface area (Å²) in [6.07, 6.45) is 3.05. The van der Waals surface area contributed by atoms with Crippen LogP contribution in [0.15, 0.2) is 22.6 Å². The largest absolute Gasteiger partial charge is 0.480 e. The maximum atomic E-state index is 13.9. The smallest absolute Gasteiger partial charge is 0.253 e. The number of aromatic nitrogens is 2. The van der Waals surface area contributed by atoms with E-state index in [0.29, 0.717) is 30.8 Å². The number of rotatable bonds is 7. The molecule has 0 spiro atoms. The van der Waals surface area contributed by atoms with Gasteiger partial charge in [-0.2, -0.15) is 0 Å². The van der Waals surface area contributed by atoms with Gasteiger partial charge in [-0.3, -0.25) is 0 Å². The van der Waals surface area contributed by atoms with Crippen molar-refractivity contribution in [2.24, 2.45) is 0 Å². The molecule has 1 aromatic heterocycles. The van der Waals surface area contributed by atoms with Crippen LogP contribution in [0.25, 0.3) is 0 Å². The van der Waals surface area contributed by atoms with Crippen molar-refractivity contribution in [2.75, 3.05) is 0 Å². The van der Waals surface area contributed by atoms with E-state index in [2.05, 4.69) is 15.5 Å². The maximum Gasteiger partial charge on any atom is 0.253 e. The fourth-order valence-corrected chi connectivity index (χ4v) is 2.02. The molecule has 112 valence electrons. The first-order chi connectivity index (χ1) is 10.3. The van der Waals surface area contributed by atoms with Gasteiger partial charge in [0.1, 0.15) is 0 Å². The van der Waals surface area contributed by atoms with E-state index < -0.39 is 0 Å². The quantitative estimate of drug-likeness (QED) is 0.849. The second kappa shape index (κ2) is 6.22. The number of ether oxygens (including phenoxy) is 1. The Hall–Kier alpha value is -1.95. The fourth-order valence-electron chi connectivity index (χ4n) is 2.02. The molecule has 0 atom stereocenters. The lowest BCUT2D eigenvalue weighted by atomic mass is 10.2. The Bertz CT molecular complexity index is 611. The first-order valence-corrected chi connectivity index (χ1v) is 7.21. The van der Waals surface area contributed by atoms with Crippen molar-refractivity contribution in [3.8, 4) is 5.75 Å². The second-order valence-corrected chi connectivity index (χ2v) is 5.12. The summed E-state index contributed by atoms with van der Waals surface area (Å²) < 4.78 is 24.9. The van der Waals surface area contributed by atoms with Gasteiger partial charge < -0.3 is 14.5 Å². The van der Waals surface area contributed by atoms with Crippen molar-refractivity contribution >= 4 is 0 Å². The van der Waals surface area contributed by atoms with Crippen molar-refractivity contribution in [3.05, 3.63) is 41.4 Å². The van der Waals surface area contributed by atoms with E-state index >= 15 is 0 Å². The molecule has 1 N–H and O–H groups in total. The van der Waals surface area contributed by atoms with Gasteiger partial charge in [-0.15, -0.1) is 10.2 Å². The number of nitrogens with one attached hydrogen (secondary N) is 1. The molecule has 1 heterocycles. The zero-order valence-electron chi connectivity index (χ0n) is 11.9. The summed E-state index contributed by atoms with van der Waals surface area (Å²) in [4.78, 5) is 0. The highest BCUT2D eigenvalue weighted by Gasteiger charge is 2.21. The van der Waals surface area contributed by atoms with Gasteiger partial charge in [0.15, 0.2) is 18.2 Å². The van der Waals surface area contributed by atoms with E-state index in [1.807, 2.05) is 13.0 Å². The molecule has 0 unspecified atom stereocenters. The van der Waals surface area contributed by atoms with Crippen LogP contribution in [0.1, 0.15) is 37.1 Å². The van der Waals surface area contributed by atoms with Gasteiger partial charge in [0.2, 0.25) is 5.89 Å². The number of para-hydroxylation sites is 1. The highest BCUT2D eigenvalue weighted by atomic mass is 19.1. The van der Waals surface area contributed by atoms with Crippen LogP contribution in [0.5, 0.6) is 5.75 Å². The van der Waals surface area contributed by atoms with E-state index in [9.17, 15) is 4.39 Å². The summed E-state index contributed by atoms with van der Waals surface area (Å²) in [6.45, 7) is 2.60. The summed E-state index contributed by atoms with van der Waals surface area (Å²) >= 11 is 0. The van der Waals surface area contributed by atoms with Crippen LogP contribution < -0.4 is 10.1 Å². The predicted molar refractivity (Wildman–Crippen MR) is 74.3 cm³/mol. The van der Waals surface area contributed by atoms with E-state index in [-0.39, 0.29) is 18.2 Å². The Morgan fingerprint density at radius 1 is 1.33 bits per heavy atom. The minimum atomic E-state index is -0.375. The second-order valence-electron chi connectivity index (χ2n) is 5.12. The topological polar surface area (TPSA) is 60.2 Å². The Labute approximate surface area is 122 Å². The zero-order valence-corrected chi connectivity index (χ0v) is 11.9. The SMILES string of the molecule is CCc1nnc(COc2c(F)cccc2CNC2CC2)o1. The number of halogens is 1. The molecule has 5 nitrogen and oxygen atoms in total. The summed E-state index contributed by atoms with van der Waals surface area (Å²) in [5.41, 5.74) is 0.803. The Morgan fingerprint density at radius 3 is 2.86 bits per heavy atom. The monoisotopic (exact) mass is 291 g/mol. The van der Waals surface area contributed by atoms with Crippen LogP contribution in [0.3, 0.4) is 0 Å². The van der Waals surface area contributed by atoms with Gasteiger partial charge in [-0.1, -0.05) is 19.1 Å². The van der Waals surface area contributed by atoms with Crippen LogP contribution in [-0.2, 0) is 19.6 Å². The maximum absolute atomic E-state index is 13.9. The highest BCUT2D eigenvalue weighted by molar-refractivity contribution is 5.35. The van der Waals surface area contributed by atoms with E-state index in [1.54, 1.807) is 6.07 Å². The molecule has 3 rings (SSSR count). The number of aryl methyl sites for hydroxylation is 1. The molecule has 1 aliphatic carbocycles. The molecular weight excluding hydrogens is 273 g/mol.